The van der Waals surface area contributed by atoms with Crippen LogP contribution in [0.2, 0.25) is 0 Å². The molecule has 3 heterocycles. The molecule has 3 rings (SSSR count). The molecular weight excluding hydrogens is 298 g/mol. The van der Waals surface area contributed by atoms with Crippen LogP contribution in [0.3, 0.4) is 0 Å². The number of carbonyl (C=O) groups excluding carboxylic acids is 1. The van der Waals surface area contributed by atoms with Gasteiger partial charge in [-0.2, -0.15) is 0 Å². The molecule has 1 aromatic heterocycles. The van der Waals surface area contributed by atoms with Crippen molar-refractivity contribution in [1.82, 2.24) is 14.8 Å². The minimum absolute atomic E-state index is 0.291. The number of thiazole rings is 1. The fraction of sp³-hybridized carbons (Fsp3) is 0.750. The zero-order valence-electron chi connectivity index (χ0n) is 13.3. The third kappa shape index (κ3) is 4.27. The van der Waals surface area contributed by atoms with Crippen LogP contribution >= 0.6 is 11.3 Å². The molecule has 1 unspecified atom stereocenters. The Morgan fingerprint density at radius 2 is 2.23 bits per heavy atom. The predicted molar refractivity (Wildman–Crippen MR) is 86.9 cm³/mol. The van der Waals surface area contributed by atoms with Crippen LogP contribution < -0.4 is 0 Å². The van der Waals surface area contributed by atoms with E-state index in [-0.39, 0.29) is 0 Å². The molecule has 0 N–H and O–H groups in total. The van der Waals surface area contributed by atoms with Crippen molar-refractivity contribution in [2.75, 3.05) is 32.8 Å². The topological polar surface area (TPSA) is 45.7 Å². The van der Waals surface area contributed by atoms with Crippen LogP contribution in [0.25, 0.3) is 0 Å². The lowest BCUT2D eigenvalue weighted by molar-refractivity contribution is -0.133. The number of rotatable bonds is 5. The third-order valence-corrected chi connectivity index (χ3v) is 5.30. The largest absolute Gasteiger partial charge is 0.378 e. The fourth-order valence-corrected chi connectivity index (χ4v) is 3.78. The van der Waals surface area contributed by atoms with Gasteiger partial charge in [0, 0.05) is 51.1 Å². The summed E-state index contributed by atoms with van der Waals surface area (Å²) in [4.78, 5) is 21.2. The standard InChI is InChI=1S/C16H25N3O2S/c1-13-17-14(12-22-13)11-18-6-8-19(9-7-18)16(20)5-4-15-3-2-10-21-15/h12,15H,2-11H2,1H3. The van der Waals surface area contributed by atoms with Gasteiger partial charge in [0.05, 0.1) is 16.8 Å². The highest BCUT2D eigenvalue weighted by atomic mass is 32.1. The Morgan fingerprint density at radius 1 is 1.41 bits per heavy atom. The second-order valence-corrected chi connectivity index (χ2v) is 7.25. The van der Waals surface area contributed by atoms with E-state index in [2.05, 4.69) is 15.3 Å². The first-order valence-corrected chi connectivity index (χ1v) is 9.11. The quantitative estimate of drug-likeness (QED) is 0.832. The van der Waals surface area contributed by atoms with Crippen LogP contribution in [0.4, 0.5) is 0 Å². The van der Waals surface area contributed by atoms with E-state index in [1.54, 1.807) is 11.3 Å². The van der Waals surface area contributed by atoms with E-state index in [1.165, 1.54) is 0 Å². The number of aryl methyl sites for hydroxylation is 1. The van der Waals surface area contributed by atoms with Crippen molar-refractivity contribution in [2.24, 2.45) is 0 Å². The monoisotopic (exact) mass is 323 g/mol. The molecule has 2 aliphatic rings. The SMILES string of the molecule is Cc1nc(CN2CCN(C(=O)CCC3CCCO3)CC2)cs1. The first-order chi connectivity index (χ1) is 10.7. The molecule has 22 heavy (non-hydrogen) atoms. The smallest absolute Gasteiger partial charge is 0.222 e. The maximum atomic E-state index is 12.3. The Bertz CT molecular complexity index is 491. The van der Waals surface area contributed by atoms with Gasteiger partial charge in [0.15, 0.2) is 0 Å². The second-order valence-electron chi connectivity index (χ2n) is 6.19. The van der Waals surface area contributed by atoms with Gasteiger partial charge in [-0.15, -0.1) is 11.3 Å². The van der Waals surface area contributed by atoms with Gasteiger partial charge in [0.1, 0.15) is 0 Å². The maximum absolute atomic E-state index is 12.3. The van der Waals surface area contributed by atoms with Crippen LogP contribution in [0.15, 0.2) is 5.38 Å². The zero-order valence-corrected chi connectivity index (χ0v) is 14.1. The molecule has 0 saturated carbocycles. The minimum Gasteiger partial charge on any atom is -0.378 e. The maximum Gasteiger partial charge on any atom is 0.222 e. The van der Waals surface area contributed by atoms with Crippen molar-refractivity contribution in [3.05, 3.63) is 16.1 Å². The lowest BCUT2D eigenvalue weighted by atomic mass is 10.1. The van der Waals surface area contributed by atoms with E-state index in [1.807, 2.05) is 11.8 Å². The molecule has 0 aromatic carbocycles. The Hall–Kier alpha value is -0.980. The predicted octanol–water partition coefficient (Wildman–Crippen LogP) is 2.05. The number of piperazine rings is 1. The Kier molecular flexibility index (Phi) is 5.44. The molecule has 122 valence electrons. The molecule has 1 aromatic rings. The summed E-state index contributed by atoms with van der Waals surface area (Å²) in [5.41, 5.74) is 1.15. The van der Waals surface area contributed by atoms with E-state index in [9.17, 15) is 4.79 Å². The summed E-state index contributed by atoms with van der Waals surface area (Å²) in [5.74, 6) is 0.291. The van der Waals surface area contributed by atoms with Crippen molar-refractivity contribution in [2.45, 2.75) is 45.3 Å². The number of nitrogens with zero attached hydrogens (tertiary/aromatic N) is 3. The van der Waals surface area contributed by atoms with Gasteiger partial charge >= 0.3 is 0 Å². The summed E-state index contributed by atoms with van der Waals surface area (Å²) in [6, 6.07) is 0. The third-order valence-electron chi connectivity index (χ3n) is 4.48. The van der Waals surface area contributed by atoms with Crippen LogP contribution in [-0.2, 0) is 16.1 Å². The van der Waals surface area contributed by atoms with Gasteiger partial charge < -0.3 is 9.64 Å². The Morgan fingerprint density at radius 3 is 2.86 bits per heavy atom. The number of carbonyl (C=O) groups is 1. The highest BCUT2D eigenvalue weighted by Crippen LogP contribution is 2.18. The van der Waals surface area contributed by atoms with E-state index >= 15 is 0 Å². The molecule has 0 spiro atoms. The van der Waals surface area contributed by atoms with Crippen molar-refractivity contribution < 1.29 is 9.53 Å². The molecule has 1 atom stereocenters. The number of hydrogen-bond acceptors (Lipinski definition) is 5. The zero-order chi connectivity index (χ0) is 15.4. The highest BCUT2D eigenvalue weighted by molar-refractivity contribution is 7.09. The van der Waals surface area contributed by atoms with Crippen molar-refractivity contribution in [1.29, 1.82) is 0 Å². The van der Waals surface area contributed by atoms with Gasteiger partial charge in [0.2, 0.25) is 5.91 Å². The second kappa shape index (κ2) is 7.53. The Labute approximate surface area is 136 Å². The number of aromatic nitrogens is 1. The van der Waals surface area contributed by atoms with Gasteiger partial charge in [-0.1, -0.05) is 0 Å². The highest BCUT2D eigenvalue weighted by Gasteiger charge is 2.23. The first kappa shape index (κ1) is 15.9. The van der Waals surface area contributed by atoms with Crippen LogP contribution in [0.1, 0.15) is 36.4 Å². The summed E-state index contributed by atoms with van der Waals surface area (Å²) in [5, 5.41) is 3.26. The number of ether oxygens (including phenoxy) is 1. The van der Waals surface area contributed by atoms with Gasteiger partial charge in [-0.05, 0) is 26.2 Å². The molecular formula is C16H25N3O2S. The van der Waals surface area contributed by atoms with Crippen molar-refractivity contribution in [3.8, 4) is 0 Å². The normalized spacial score (nSPS) is 23.1. The van der Waals surface area contributed by atoms with E-state index < -0.39 is 0 Å². The lowest BCUT2D eigenvalue weighted by Crippen LogP contribution is -2.48. The molecule has 5 nitrogen and oxygen atoms in total. The Balaban J connectivity index is 1.38. The van der Waals surface area contributed by atoms with Gasteiger partial charge in [-0.3, -0.25) is 9.69 Å². The van der Waals surface area contributed by atoms with E-state index in [4.69, 9.17) is 4.74 Å². The van der Waals surface area contributed by atoms with Gasteiger partial charge in [0.25, 0.3) is 0 Å². The molecule has 2 aliphatic heterocycles. The average Bonchev–Trinajstić information content (AvgIpc) is 3.17. The first-order valence-electron chi connectivity index (χ1n) is 8.23. The van der Waals surface area contributed by atoms with Crippen molar-refractivity contribution in [3.63, 3.8) is 0 Å². The summed E-state index contributed by atoms with van der Waals surface area (Å²) in [6.07, 6.45) is 4.10. The average molecular weight is 323 g/mol. The molecule has 1 amide bonds. The summed E-state index contributed by atoms with van der Waals surface area (Å²) >= 11 is 1.70. The summed E-state index contributed by atoms with van der Waals surface area (Å²) in [7, 11) is 0. The summed E-state index contributed by atoms with van der Waals surface area (Å²) < 4.78 is 5.59. The minimum atomic E-state index is 0.291. The molecule has 6 heteroatoms. The molecule has 0 bridgehead atoms. The molecule has 2 saturated heterocycles. The van der Waals surface area contributed by atoms with Crippen LogP contribution in [0.5, 0.6) is 0 Å². The summed E-state index contributed by atoms with van der Waals surface area (Å²) in [6.45, 7) is 7.39. The van der Waals surface area contributed by atoms with Crippen LogP contribution in [0, 0.1) is 6.92 Å². The molecule has 0 radical (unpaired) electrons. The van der Waals surface area contributed by atoms with Gasteiger partial charge in [-0.25, -0.2) is 4.98 Å². The van der Waals surface area contributed by atoms with Crippen molar-refractivity contribution >= 4 is 17.2 Å². The lowest BCUT2D eigenvalue weighted by Gasteiger charge is -2.34. The number of hydrogen-bond donors (Lipinski definition) is 0. The van der Waals surface area contributed by atoms with E-state index in [0.29, 0.717) is 18.4 Å². The van der Waals surface area contributed by atoms with E-state index in [0.717, 1.165) is 69.3 Å². The molecule has 2 fully saturated rings. The van der Waals surface area contributed by atoms with Crippen LogP contribution in [-0.4, -0.2) is 59.6 Å². The molecule has 0 aliphatic carbocycles. The number of amides is 1. The fourth-order valence-electron chi connectivity index (χ4n) is 3.18.